The summed E-state index contributed by atoms with van der Waals surface area (Å²) in [5.74, 6) is -1.14. The van der Waals surface area contributed by atoms with Gasteiger partial charge in [0.1, 0.15) is 12.1 Å². The molecular formula is C23H31N3O5. The van der Waals surface area contributed by atoms with Crippen LogP contribution in [0.1, 0.15) is 52.0 Å². The van der Waals surface area contributed by atoms with Crippen LogP contribution < -0.4 is 10.6 Å². The highest BCUT2D eigenvalue weighted by atomic mass is 16.5. The van der Waals surface area contributed by atoms with E-state index in [9.17, 15) is 19.2 Å². The molecule has 8 heteroatoms. The highest BCUT2D eigenvalue weighted by Crippen LogP contribution is 2.43. The van der Waals surface area contributed by atoms with Crippen LogP contribution in [0, 0.1) is 11.3 Å². The van der Waals surface area contributed by atoms with Gasteiger partial charge < -0.3 is 15.4 Å². The molecule has 1 heterocycles. The zero-order chi connectivity index (χ0) is 22.6. The summed E-state index contributed by atoms with van der Waals surface area (Å²) >= 11 is 0. The Bertz CT molecular complexity index is 839. The van der Waals surface area contributed by atoms with Gasteiger partial charge in [-0.25, -0.2) is 4.79 Å². The van der Waals surface area contributed by atoms with Crippen molar-refractivity contribution in [2.75, 3.05) is 13.2 Å². The number of nitrogens with one attached hydrogen (secondary N) is 2. The maximum Gasteiger partial charge on any atom is 0.326 e. The molecule has 4 amide bonds. The first-order valence-corrected chi connectivity index (χ1v) is 10.7. The Morgan fingerprint density at radius 1 is 1.16 bits per heavy atom. The van der Waals surface area contributed by atoms with Gasteiger partial charge in [-0.3, -0.25) is 19.3 Å². The summed E-state index contributed by atoms with van der Waals surface area (Å²) in [4.78, 5) is 50.3. The standard InChI is InChI=1S/C23H31N3O5/c1-22(2,3)17-9-11-23(12-10-17)20(29)26(21(30)25-23)14-19(28)31-15-18(27)24-13-16-7-5-4-6-8-16/h4-8,17H,9-15H2,1-3H3,(H,24,27)(H,25,30). The van der Waals surface area contributed by atoms with Crippen molar-refractivity contribution in [2.45, 2.75) is 58.5 Å². The van der Waals surface area contributed by atoms with Crippen LogP contribution in [0.4, 0.5) is 4.79 Å². The van der Waals surface area contributed by atoms with E-state index < -0.39 is 36.6 Å². The molecule has 1 spiro atoms. The minimum absolute atomic E-state index is 0.151. The molecule has 1 saturated carbocycles. The zero-order valence-corrected chi connectivity index (χ0v) is 18.4. The molecular weight excluding hydrogens is 398 g/mol. The molecule has 1 aliphatic heterocycles. The maximum atomic E-state index is 12.9. The summed E-state index contributed by atoms with van der Waals surface area (Å²) < 4.78 is 4.96. The van der Waals surface area contributed by atoms with Crippen molar-refractivity contribution < 1.29 is 23.9 Å². The number of imide groups is 1. The van der Waals surface area contributed by atoms with E-state index >= 15 is 0 Å². The van der Waals surface area contributed by atoms with Gasteiger partial charge in [0.15, 0.2) is 6.61 Å². The Hall–Kier alpha value is -2.90. The molecule has 2 N–H and O–H groups in total. The predicted molar refractivity (Wildman–Crippen MR) is 114 cm³/mol. The van der Waals surface area contributed by atoms with E-state index in [1.54, 1.807) is 0 Å². The van der Waals surface area contributed by atoms with Crippen LogP contribution in [0.15, 0.2) is 30.3 Å². The van der Waals surface area contributed by atoms with Gasteiger partial charge in [0.05, 0.1) is 0 Å². The topological polar surface area (TPSA) is 105 Å². The minimum atomic E-state index is -0.924. The van der Waals surface area contributed by atoms with Crippen molar-refractivity contribution in [3.05, 3.63) is 35.9 Å². The number of nitrogens with zero attached hydrogens (tertiary/aromatic N) is 1. The Kier molecular flexibility index (Phi) is 6.67. The first-order valence-electron chi connectivity index (χ1n) is 10.7. The largest absolute Gasteiger partial charge is 0.454 e. The highest BCUT2D eigenvalue weighted by Gasteiger charge is 2.53. The van der Waals surface area contributed by atoms with Crippen molar-refractivity contribution in [3.63, 3.8) is 0 Å². The first-order chi connectivity index (χ1) is 14.6. The Balaban J connectivity index is 1.46. The van der Waals surface area contributed by atoms with E-state index in [4.69, 9.17) is 4.74 Å². The molecule has 31 heavy (non-hydrogen) atoms. The van der Waals surface area contributed by atoms with Crippen LogP contribution >= 0.6 is 0 Å². The second kappa shape index (κ2) is 9.08. The number of urea groups is 1. The van der Waals surface area contributed by atoms with Gasteiger partial charge in [-0.05, 0) is 42.6 Å². The summed E-state index contributed by atoms with van der Waals surface area (Å²) in [5.41, 5.74) is 0.150. The normalized spacial score (nSPS) is 23.6. The van der Waals surface area contributed by atoms with Gasteiger partial charge in [-0.15, -0.1) is 0 Å². The molecule has 1 aromatic carbocycles. The summed E-state index contributed by atoms with van der Waals surface area (Å²) in [5, 5.41) is 5.45. The van der Waals surface area contributed by atoms with Crippen molar-refractivity contribution in [2.24, 2.45) is 11.3 Å². The van der Waals surface area contributed by atoms with Gasteiger partial charge in [0.25, 0.3) is 11.8 Å². The van der Waals surface area contributed by atoms with E-state index in [1.165, 1.54) is 0 Å². The maximum absolute atomic E-state index is 12.9. The van der Waals surface area contributed by atoms with Gasteiger partial charge in [-0.1, -0.05) is 51.1 Å². The van der Waals surface area contributed by atoms with Crippen molar-refractivity contribution >= 4 is 23.8 Å². The summed E-state index contributed by atoms with van der Waals surface area (Å²) in [6.07, 6.45) is 2.81. The summed E-state index contributed by atoms with van der Waals surface area (Å²) in [6.45, 7) is 5.91. The molecule has 0 bridgehead atoms. The summed E-state index contributed by atoms with van der Waals surface area (Å²) in [6, 6.07) is 8.76. The van der Waals surface area contributed by atoms with Crippen LogP contribution in [0.3, 0.4) is 0 Å². The van der Waals surface area contributed by atoms with Crippen LogP contribution in [0.25, 0.3) is 0 Å². The van der Waals surface area contributed by atoms with E-state index in [-0.39, 0.29) is 11.3 Å². The lowest BCUT2D eigenvalue weighted by Gasteiger charge is -2.40. The Morgan fingerprint density at radius 2 is 1.81 bits per heavy atom. The second-order valence-electron chi connectivity index (χ2n) is 9.47. The van der Waals surface area contributed by atoms with Crippen molar-refractivity contribution in [1.82, 2.24) is 15.5 Å². The number of rotatable bonds is 6. The van der Waals surface area contributed by atoms with Crippen molar-refractivity contribution in [1.29, 1.82) is 0 Å². The molecule has 1 aromatic rings. The van der Waals surface area contributed by atoms with Gasteiger partial charge in [0, 0.05) is 6.54 Å². The number of carbonyl (C=O) groups excluding carboxylic acids is 4. The fraction of sp³-hybridized carbons (Fsp3) is 0.565. The third-order valence-electron chi connectivity index (χ3n) is 6.29. The minimum Gasteiger partial charge on any atom is -0.454 e. The second-order valence-corrected chi connectivity index (χ2v) is 9.47. The predicted octanol–water partition coefficient (Wildman–Crippen LogP) is 2.37. The average molecular weight is 430 g/mol. The van der Waals surface area contributed by atoms with Crippen LogP contribution in [-0.4, -0.2) is 47.4 Å². The van der Waals surface area contributed by atoms with Crippen molar-refractivity contribution in [3.8, 4) is 0 Å². The number of hydrogen-bond donors (Lipinski definition) is 2. The third-order valence-corrected chi connectivity index (χ3v) is 6.29. The lowest BCUT2D eigenvalue weighted by atomic mass is 9.67. The molecule has 0 atom stereocenters. The molecule has 2 fully saturated rings. The number of benzene rings is 1. The molecule has 8 nitrogen and oxygen atoms in total. The number of hydrogen-bond acceptors (Lipinski definition) is 5. The fourth-order valence-electron chi connectivity index (χ4n) is 4.30. The lowest BCUT2D eigenvalue weighted by Crippen LogP contribution is -2.50. The van der Waals surface area contributed by atoms with Gasteiger partial charge in [0.2, 0.25) is 0 Å². The van der Waals surface area contributed by atoms with Crippen LogP contribution in [-0.2, 0) is 25.7 Å². The van der Waals surface area contributed by atoms with Crippen LogP contribution in [0.2, 0.25) is 0 Å². The number of carbonyl (C=O) groups is 4. The van der Waals surface area contributed by atoms with E-state index in [1.807, 2.05) is 30.3 Å². The van der Waals surface area contributed by atoms with E-state index in [0.717, 1.165) is 23.3 Å². The molecule has 0 radical (unpaired) electrons. The average Bonchev–Trinajstić information content (AvgIpc) is 2.95. The monoisotopic (exact) mass is 429 g/mol. The fourth-order valence-corrected chi connectivity index (χ4v) is 4.30. The molecule has 1 saturated heterocycles. The zero-order valence-electron chi connectivity index (χ0n) is 18.4. The van der Waals surface area contributed by atoms with Gasteiger partial charge >= 0.3 is 12.0 Å². The summed E-state index contributed by atoms with van der Waals surface area (Å²) in [7, 11) is 0. The first kappa shape index (κ1) is 22.8. The molecule has 2 aliphatic rings. The van der Waals surface area contributed by atoms with Crippen LogP contribution in [0.5, 0.6) is 0 Å². The Morgan fingerprint density at radius 3 is 2.42 bits per heavy atom. The highest BCUT2D eigenvalue weighted by molar-refractivity contribution is 6.08. The molecule has 1 aliphatic carbocycles. The Labute approximate surface area is 182 Å². The smallest absolute Gasteiger partial charge is 0.326 e. The van der Waals surface area contributed by atoms with E-state index in [2.05, 4.69) is 31.4 Å². The number of amides is 4. The number of esters is 1. The molecule has 0 aromatic heterocycles. The molecule has 3 rings (SSSR count). The van der Waals surface area contributed by atoms with Gasteiger partial charge in [-0.2, -0.15) is 0 Å². The molecule has 168 valence electrons. The quantitative estimate of drug-likeness (QED) is 0.534. The third kappa shape index (κ3) is 5.42. The molecule has 0 unspecified atom stereocenters. The van der Waals surface area contributed by atoms with E-state index in [0.29, 0.717) is 25.3 Å². The number of ether oxygens (including phenoxy) is 1. The SMILES string of the molecule is CC(C)(C)C1CCC2(CC1)NC(=O)N(CC(=O)OCC(=O)NCc1ccccc1)C2=O. The lowest BCUT2D eigenvalue weighted by molar-refractivity contribution is -0.151.